The highest BCUT2D eigenvalue weighted by Gasteiger charge is 2.09. The molecule has 0 saturated heterocycles. The summed E-state index contributed by atoms with van der Waals surface area (Å²) in [7, 11) is 1.34. The van der Waals surface area contributed by atoms with Crippen LogP contribution >= 0.6 is 0 Å². The number of hydrogen-bond acceptors (Lipinski definition) is 4. The molecule has 0 radical (unpaired) electrons. The molecule has 25 heavy (non-hydrogen) atoms. The Balaban J connectivity index is 2.36. The van der Waals surface area contributed by atoms with E-state index >= 15 is 0 Å². The zero-order chi connectivity index (χ0) is 18.4. The largest absolute Gasteiger partial charge is 0.465 e. The SMILES string of the molecule is COC(=O)c1ccc(-c2ccccc2/C=C(\C)C(=O)NC(=N)N)cc1. The maximum atomic E-state index is 11.9. The molecule has 0 atom stereocenters. The predicted molar refractivity (Wildman–Crippen MR) is 96.9 cm³/mol. The minimum atomic E-state index is -0.427. The average Bonchev–Trinajstić information content (AvgIpc) is 2.61. The molecule has 0 aliphatic rings. The lowest BCUT2D eigenvalue weighted by Crippen LogP contribution is -2.36. The fourth-order valence-electron chi connectivity index (χ4n) is 2.31. The standard InChI is InChI=1S/C19H19N3O3/c1-12(17(23)22-19(20)21)11-15-5-3-4-6-16(15)13-7-9-14(10-8-13)18(24)25-2/h3-11H,1-2H3,(H4,20,21,22,23)/b12-11+. The normalized spacial score (nSPS) is 10.9. The summed E-state index contributed by atoms with van der Waals surface area (Å²) in [5.74, 6) is -1.22. The van der Waals surface area contributed by atoms with Crippen molar-refractivity contribution in [1.82, 2.24) is 5.32 Å². The maximum Gasteiger partial charge on any atom is 0.337 e. The number of nitrogens with one attached hydrogen (secondary N) is 2. The summed E-state index contributed by atoms with van der Waals surface area (Å²) in [6.45, 7) is 1.65. The Bertz CT molecular complexity index is 839. The van der Waals surface area contributed by atoms with E-state index in [-0.39, 0.29) is 0 Å². The predicted octanol–water partition coefficient (Wildman–Crippen LogP) is 2.55. The van der Waals surface area contributed by atoms with Crippen molar-refractivity contribution in [2.24, 2.45) is 5.73 Å². The number of esters is 1. The number of amides is 1. The van der Waals surface area contributed by atoms with Crippen LogP contribution in [0.15, 0.2) is 54.1 Å². The minimum absolute atomic E-state index is 0.392. The molecule has 0 aromatic heterocycles. The summed E-state index contributed by atoms with van der Waals surface area (Å²) in [6.07, 6.45) is 1.72. The van der Waals surface area contributed by atoms with Gasteiger partial charge in [0.1, 0.15) is 0 Å². The van der Waals surface area contributed by atoms with E-state index in [9.17, 15) is 9.59 Å². The molecule has 0 aliphatic carbocycles. The summed E-state index contributed by atoms with van der Waals surface area (Å²) >= 11 is 0. The van der Waals surface area contributed by atoms with Gasteiger partial charge in [0, 0.05) is 5.57 Å². The van der Waals surface area contributed by atoms with E-state index in [2.05, 4.69) is 5.32 Å². The van der Waals surface area contributed by atoms with Crippen LogP contribution in [0.25, 0.3) is 17.2 Å². The zero-order valence-electron chi connectivity index (χ0n) is 14.0. The van der Waals surface area contributed by atoms with Crippen molar-refractivity contribution in [2.45, 2.75) is 6.92 Å². The fraction of sp³-hybridized carbons (Fsp3) is 0.105. The number of benzene rings is 2. The van der Waals surface area contributed by atoms with Crippen molar-refractivity contribution >= 4 is 23.9 Å². The van der Waals surface area contributed by atoms with Gasteiger partial charge in [-0.15, -0.1) is 0 Å². The Kier molecular flexibility index (Phi) is 5.68. The molecular weight excluding hydrogens is 318 g/mol. The van der Waals surface area contributed by atoms with E-state index in [1.54, 1.807) is 25.1 Å². The first-order chi connectivity index (χ1) is 11.9. The summed E-state index contributed by atoms with van der Waals surface area (Å²) < 4.78 is 4.70. The number of nitrogens with two attached hydrogens (primary N) is 1. The van der Waals surface area contributed by atoms with E-state index in [1.165, 1.54) is 7.11 Å². The highest BCUT2D eigenvalue weighted by atomic mass is 16.5. The first kappa shape index (κ1) is 17.9. The molecule has 2 aromatic carbocycles. The first-order valence-corrected chi connectivity index (χ1v) is 7.54. The van der Waals surface area contributed by atoms with E-state index in [4.69, 9.17) is 15.9 Å². The smallest absolute Gasteiger partial charge is 0.337 e. The molecule has 0 spiro atoms. The van der Waals surface area contributed by atoms with Crippen LogP contribution in [0, 0.1) is 5.41 Å². The molecule has 0 saturated carbocycles. The lowest BCUT2D eigenvalue weighted by atomic mass is 9.97. The number of carbonyl (C=O) groups excluding carboxylic acids is 2. The van der Waals surface area contributed by atoms with Crippen LogP contribution in [0.1, 0.15) is 22.8 Å². The minimum Gasteiger partial charge on any atom is -0.465 e. The maximum absolute atomic E-state index is 11.9. The molecule has 6 heteroatoms. The van der Waals surface area contributed by atoms with Gasteiger partial charge in [-0.25, -0.2) is 4.79 Å². The quantitative estimate of drug-likeness (QED) is 0.345. The number of methoxy groups -OCH3 is 1. The third kappa shape index (κ3) is 4.54. The van der Waals surface area contributed by atoms with E-state index in [1.807, 2.05) is 36.4 Å². The summed E-state index contributed by atoms with van der Waals surface area (Å²) in [5.41, 5.74) is 8.73. The number of rotatable bonds is 4. The van der Waals surface area contributed by atoms with Crippen molar-refractivity contribution in [3.05, 3.63) is 65.2 Å². The second-order valence-electron chi connectivity index (χ2n) is 5.35. The summed E-state index contributed by atoms with van der Waals surface area (Å²) in [4.78, 5) is 23.4. The summed E-state index contributed by atoms with van der Waals surface area (Å²) in [6, 6.07) is 14.6. The van der Waals surface area contributed by atoms with Crippen LogP contribution < -0.4 is 11.1 Å². The molecule has 0 unspecified atom stereocenters. The van der Waals surface area contributed by atoms with Gasteiger partial charge >= 0.3 is 5.97 Å². The molecule has 0 heterocycles. The molecule has 2 aromatic rings. The van der Waals surface area contributed by atoms with Gasteiger partial charge in [0.2, 0.25) is 0 Å². The first-order valence-electron chi connectivity index (χ1n) is 7.54. The van der Waals surface area contributed by atoms with Gasteiger partial charge in [-0.1, -0.05) is 36.4 Å². The van der Waals surface area contributed by atoms with Gasteiger partial charge in [-0.05, 0) is 41.8 Å². The van der Waals surface area contributed by atoms with Crippen molar-refractivity contribution in [3.8, 4) is 11.1 Å². The fourth-order valence-corrected chi connectivity index (χ4v) is 2.31. The van der Waals surface area contributed by atoms with Crippen molar-refractivity contribution < 1.29 is 14.3 Å². The van der Waals surface area contributed by atoms with Crippen molar-refractivity contribution in [1.29, 1.82) is 5.41 Å². The average molecular weight is 337 g/mol. The van der Waals surface area contributed by atoms with Crippen LogP contribution in [-0.4, -0.2) is 24.9 Å². The lowest BCUT2D eigenvalue weighted by molar-refractivity contribution is -0.116. The molecule has 4 N–H and O–H groups in total. The molecule has 0 bridgehead atoms. The Morgan fingerprint density at radius 2 is 1.76 bits per heavy atom. The molecule has 128 valence electrons. The van der Waals surface area contributed by atoms with Gasteiger partial charge in [-0.3, -0.25) is 15.5 Å². The highest BCUT2D eigenvalue weighted by Crippen LogP contribution is 2.26. The highest BCUT2D eigenvalue weighted by molar-refractivity contribution is 6.06. The van der Waals surface area contributed by atoms with Crippen LogP contribution in [0.3, 0.4) is 0 Å². The molecule has 1 amide bonds. The van der Waals surface area contributed by atoms with Crippen molar-refractivity contribution in [3.63, 3.8) is 0 Å². The number of hydrogen-bond donors (Lipinski definition) is 3. The monoisotopic (exact) mass is 337 g/mol. The van der Waals surface area contributed by atoms with E-state index in [0.29, 0.717) is 11.1 Å². The summed E-state index contributed by atoms with van der Waals surface area (Å²) in [5, 5.41) is 9.38. The van der Waals surface area contributed by atoms with Gasteiger partial charge in [0.25, 0.3) is 5.91 Å². The third-order valence-corrected chi connectivity index (χ3v) is 3.56. The van der Waals surface area contributed by atoms with Gasteiger partial charge in [0.05, 0.1) is 12.7 Å². The molecule has 0 aliphatic heterocycles. The Labute approximate surface area is 145 Å². The molecule has 6 nitrogen and oxygen atoms in total. The van der Waals surface area contributed by atoms with Crippen LogP contribution in [0.4, 0.5) is 0 Å². The van der Waals surface area contributed by atoms with Crippen LogP contribution in [0.5, 0.6) is 0 Å². The lowest BCUT2D eigenvalue weighted by Gasteiger charge is -2.09. The number of carbonyl (C=O) groups is 2. The zero-order valence-corrected chi connectivity index (χ0v) is 14.0. The molecule has 0 fully saturated rings. The van der Waals surface area contributed by atoms with Crippen LogP contribution in [-0.2, 0) is 9.53 Å². The molecular formula is C19H19N3O3. The van der Waals surface area contributed by atoms with E-state index < -0.39 is 17.8 Å². The van der Waals surface area contributed by atoms with Gasteiger partial charge in [-0.2, -0.15) is 0 Å². The second-order valence-corrected chi connectivity index (χ2v) is 5.35. The number of ether oxygens (including phenoxy) is 1. The third-order valence-electron chi connectivity index (χ3n) is 3.56. The number of guanidine groups is 1. The van der Waals surface area contributed by atoms with Crippen LogP contribution in [0.2, 0.25) is 0 Å². The van der Waals surface area contributed by atoms with Gasteiger partial charge in [0.15, 0.2) is 5.96 Å². The topological polar surface area (TPSA) is 105 Å². The van der Waals surface area contributed by atoms with Crippen molar-refractivity contribution in [2.75, 3.05) is 7.11 Å². The van der Waals surface area contributed by atoms with Gasteiger partial charge < -0.3 is 10.5 Å². The Morgan fingerprint density at radius 3 is 2.36 bits per heavy atom. The molecule has 2 rings (SSSR count). The Hall–Kier alpha value is -3.41. The second kappa shape index (κ2) is 7.92. The Morgan fingerprint density at radius 1 is 1.12 bits per heavy atom. The van der Waals surface area contributed by atoms with E-state index in [0.717, 1.165) is 16.7 Å².